The summed E-state index contributed by atoms with van der Waals surface area (Å²) in [5.41, 5.74) is 0. The largest absolute Gasteiger partial charge is 0.573 e. The van der Waals surface area contributed by atoms with E-state index in [2.05, 4.69) is 20.7 Å². The number of aliphatic hydroxyl groups is 1. The average Bonchev–Trinajstić information content (AvgIpc) is 2.19. The van der Waals surface area contributed by atoms with Crippen LogP contribution in [0.1, 0.15) is 13.3 Å². The zero-order valence-corrected chi connectivity index (χ0v) is 11.1. The van der Waals surface area contributed by atoms with Crippen LogP contribution >= 0.6 is 15.9 Å². The fourth-order valence-corrected chi connectivity index (χ4v) is 1.56. The minimum atomic E-state index is -4.72. The Morgan fingerprint density at radius 3 is 2.56 bits per heavy atom. The van der Waals surface area contributed by atoms with Crippen LogP contribution in [0, 0.1) is 0 Å². The summed E-state index contributed by atoms with van der Waals surface area (Å²) >= 11 is 2.97. The van der Waals surface area contributed by atoms with Gasteiger partial charge in [-0.2, -0.15) is 0 Å². The van der Waals surface area contributed by atoms with Gasteiger partial charge in [0.15, 0.2) is 0 Å². The van der Waals surface area contributed by atoms with Gasteiger partial charge in [0.05, 0.1) is 17.2 Å². The van der Waals surface area contributed by atoms with Crippen LogP contribution < -0.4 is 9.47 Å². The number of ether oxygens (including phenoxy) is 2. The Kier molecular flexibility index (Phi) is 5.28. The van der Waals surface area contributed by atoms with Gasteiger partial charge in [-0.05, 0) is 41.1 Å². The molecule has 18 heavy (non-hydrogen) atoms. The van der Waals surface area contributed by atoms with Gasteiger partial charge in [-0.15, -0.1) is 13.2 Å². The maximum Gasteiger partial charge on any atom is 0.573 e. The second kappa shape index (κ2) is 6.29. The van der Waals surface area contributed by atoms with Crippen LogP contribution in [0.4, 0.5) is 13.2 Å². The Morgan fingerprint density at radius 2 is 2.06 bits per heavy atom. The van der Waals surface area contributed by atoms with E-state index in [-0.39, 0.29) is 16.8 Å². The molecule has 1 N–H and O–H groups in total. The molecule has 1 unspecified atom stereocenters. The molecule has 0 heterocycles. The molecule has 0 radical (unpaired) electrons. The first-order valence-electron chi connectivity index (χ1n) is 5.14. The van der Waals surface area contributed by atoms with Crippen LogP contribution in [0.5, 0.6) is 11.5 Å². The van der Waals surface area contributed by atoms with E-state index < -0.39 is 12.5 Å². The predicted octanol–water partition coefficient (Wildman–Crippen LogP) is 3.50. The third-order valence-corrected chi connectivity index (χ3v) is 2.55. The molecular weight excluding hydrogens is 317 g/mol. The van der Waals surface area contributed by atoms with Gasteiger partial charge < -0.3 is 14.6 Å². The summed E-state index contributed by atoms with van der Waals surface area (Å²) in [4.78, 5) is 0. The van der Waals surface area contributed by atoms with Crippen molar-refractivity contribution in [1.82, 2.24) is 0 Å². The van der Waals surface area contributed by atoms with Gasteiger partial charge in [0.25, 0.3) is 0 Å². The summed E-state index contributed by atoms with van der Waals surface area (Å²) in [5.74, 6) is 0.0717. The van der Waals surface area contributed by atoms with Crippen molar-refractivity contribution < 1.29 is 27.8 Å². The van der Waals surface area contributed by atoms with E-state index >= 15 is 0 Å². The SMILES string of the molecule is CC(O)CCOc1ccc(OC(F)(F)F)c(Br)c1. The van der Waals surface area contributed by atoms with E-state index in [0.29, 0.717) is 12.2 Å². The molecule has 3 nitrogen and oxygen atoms in total. The van der Waals surface area contributed by atoms with Crippen molar-refractivity contribution in [1.29, 1.82) is 0 Å². The molecule has 0 aliphatic heterocycles. The summed E-state index contributed by atoms with van der Waals surface area (Å²) in [6, 6.07) is 3.91. The van der Waals surface area contributed by atoms with E-state index in [0.717, 1.165) is 6.07 Å². The van der Waals surface area contributed by atoms with Crippen LogP contribution in [-0.4, -0.2) is 24.2 Å². The standard InChI is InChI=1S/C11H12BrF3O3/c1-7(16)4-5-17-8-2-3-10(9(12)6-8)18-11(13,14)15/h2-3,6-7,16H,4-5H2,1H3. The van der Waals surface area contributed by atoms with E-state index in [1.807, 2.05) is 0 Å². The highest BCUT2D eigenvalue weighted by Gasteiger charge is 2.31. The number of halogens is 4. The van der Waals surface area contributed by atoms with Crippen LogP contribution in [0.3, 0.4) is 0 Å². The Bertz CT molecular complexity index is 394. The number of alkyl halides is 3. The molecule has 0 aliphatic rings. The minimum absolute atomic E-state index is 0.148. The molecular formula is C11H12BrF3O3. The highest BCUT2D eigenvalue weighted by Crippen LogP contribution is 2.33. The lowest BCUT2D eigenvalue weighted by Crippen LogP contribution is -2.17. The molecule has 102 valence electrons. The molecule has 0 saturated heterocycles. The number of rotatable bonds is 5. The maximum atomic E-state index is 12.0. The van der Waals surface area contributed by atoms with Crippen molar-refractivity contribution in [2.75, 3.05) is 6.61 Å². The fraction of sp³-hybridized carbons (Fsp3) is 0.455. The van der Waals surface area contributed by atoms with Gasteiger partial charge in [-0.3, -0.25) is 0 Å². The first-order chi connectivity index (χ1) is 8.28. The van der Waals surface area contributed by atoms with Crippen molar-refractivity contribution >= 4 is 15.9 Å². The van der Waals surface area contributed by atoms with Crippen LogP contribution in [-0.2, 0) is 0 Å². The fourth-order valence-electron chi connectivity index (χ4n) is 1.13. The van der Waals surface area contributed by atoms with Gasteiger partial charge in [0.2, 0.25) is 0 Å². The second-order valence-corrected chi connectivity index (χ2v) is 4.48. The Morgan fingerprint density at radius 1 is 1.39 bits per heavy atom. The molecule has 0 spiro atoms. The second-order valence-electron chi connectivity index (χ2n) is 3.63. The molecule has 7 heteroatoms. The lowest BCUT2D eigenvalue weighted by Gasteiger charge is -2.12. The first-order valence-corrected chi connectivity index (χ1v) is 5.93. The summed E-state index contributed by atoms with van der Waals surface area (Å²) in [7, 11) is 0. The van der Waals surface area contributed by atoms with E-state index in [1.165, 1.54) is 12.1 Å². The normalized spacial score (nSPS) is 13.2. The zero-order chi connectivity index (χ0) is 13.8. The van der Waals surface area contributed by atoms with Crippen molar-refractivity contribution in [3.63, 3.8) is 0 Å². The summed E-state index contributed by atoms with van der Waals surface area (Å²) < 4.78 is 45.2. The first kappa shape index (κ1) is 15.1. The number of aliphatic hydroxyl groups excluding tert-OH is 1. The molecule has 1 rings (SSSR count). The molecule has 1 aromatic carbocycles. The summed E-state index contributed by atoms with van der Waals surface area (Å²) in [6.07, 6.45) is -4.77. The van der Waals surface area contributed by atoms with Gasteiger partial charge in [-0.25, -0.2) is 0 Å². The minimum Gasteiger partial charge on any atom is -0.493 e. The van der Waals surface area contributed by atoms with Gasteiger partial charge >= 0.3 is 6.36 Å². The number of hydrogen-bond donors (Lipinski definition) is 1. The molecule has 1 atom stereocenters. The zero-order valence-electron chi connectivity index (χ0n) is 9.50. The van der Waals surface area contributed by atoms with Crippen LogP contribution in [0.2, 0.25) is 0 Å². The number of benzene rings is 1. The average molecular weight is 329 g/mol. The summed E-state index contributed by atoms with van der Waals surface area (Å²) in [5, 5.41) is 9.02. The van der Waals surface area contributed by atoms with Gasteiger partial charge in [-0.1, -0.05) is 0 Å². The lowest BCUT2D eigenvalue weighted by molar-refractivity contribution is -0.274. The molecule has 0 saturated carbocycles. The molecule has 0 aromatic heterocycles. The van der Waals surface area contributed by atoms with Crippen molar-refractivity contribution in [3.8, 4) is 11.5 Å². The van der Waals surface area contributed by atoms with Crippen molar-refractivity contribution in [3.05, 3.63) is 22.7 Å². The van der Waals surface area contributed by atoms with Crippen molar-refractivity contribution in [2.45, 2.75) is 25.8 Å². The monoisotopic (exact) mass is 328 g/mol. The highest BCUT2D eigenvalue weighted by molar-refractivity contribution is 9.10. The number of hydrogen-bond acceptors (Lipinski definition) is 3. The Balaban J connectivity index is 2.62. The van der Waals surface area contributed by atoms with Crippen molar-refractivity contribution in [2.24, 2.45) is 0 Å². The quantitative estimate of drug-likeness (QED) is 0.899. The summed E-state index contributed by atoms with van der Waals surface area (Å²) in [6.45, 7) is 1.91. The molecule has 0 bridgehead atoms. The van der Waals surface area contributed by atoms with E-state index in [9.17, 15) is 13.2 Å². The van der Waals surface area contributed by atoms with Crippen LogP contribution in [0.25, 0.3) is 0 Å². The third kappa shape index (κ3) is 5.59. The highest BCUT2D eigenvalue weighted by atomic mass is 79.9. The predicted molar refractivity (Wildman–Crippen MR) is 62.6 cm³/mol. The Labute approximate surface area is 111 Å². The van der Waals surface area contributed by atoms with E-state index in [4.69, 9.17) is 9.84 Å². The molecule has 0 aliphatic carbocycles. The maximum absolute atomic E-state index is 12.0. The third-order valence-electron chi connectivity index (χ3n) is 1.93. The molecule has 0 amide bonds. The van der Waals surface area contributed by atoms with Gasteiger partial charge in [0, 0.05) is 6.42 Å². The van der Waals surface area contributed by atoms with Gasteiger partial charge in [0.1, 0.15) is 11.5 Å². The van der Waals surface area contributed by atoms with Crippen LogP contribution in [0.15, 0.2) is 22.7 Å². The topological polar surface area (TPSA) is 38.7 Å². The molecule has 1 aromatic rings. The van der Waals surface area contributed by atoms with E-state index in [1.54, 1.807) is 6.92 Å². The molecule has 0 fully saturated rings. The smallest absolute Gasteiger partial charge is 0.493 e. The Hall–Kier alpha value is -0.950. The lowest BCUT2D eigenvalue weighted by atomic mass is 10.3.